The predicted octanol–water partition coefficient (Wildman–Crippen LogP) is 2.63. The second kappa shape index (κ2) is 4.83. The highest BCUT2D eigenvalue weighted by Gasteiger charge is 2.43. The van der Waals surface area contributed by atoms with Crippen LogP contribution in [0.2, 0.25) is 0 Å². The molecule has 0 aromatic heterocycles. The van der Waals surface area contributed by atoms with E-state index in [4.69, 9.17) is 4.74 Å². The van der Waals surface area contributed by atoms with Crippen LogP contribution in [0.15, 0.2) is 24.3 Å². The first-order valence-corrected chi connectivity index (χ1v) is 5.76. The summed E-state index contributed by atoms with van der Waals surface area (Å²) in [5, 5.41) is 3.44. The molecule has 0 atom stereocenters. The number of hydrogen-bond acceptors (Lipinski definition) is 2. The fourth-order valence-electron chi connectivity index (χ4n) is 2.00. The lowest BCUT2D eigenvalue weighted by atomic mass is 10.0. The predicted molar refractivity (Wildman–Crippen MR) is 62.5 cm³/mol. The third-order valence-corrected chi connectivity index (χ3v) is 3.17. The van der Waals surface area contributed by atoms with Gasteiger partial charge in [0, 0.05) is 5.54 Å². The van der Waals surface area contributed by atoms with E-state index < -0.39 is 0 Å². The van der Waals surface area contributed by atoms with Crippen LogP contribution in [0.3, 0.4) is 0 Å². The maximum absolute atomic E-state index is 12.0. The first-order valence-electron chi connectivity index (χ1n) is 5.76. The average molecular weight is 223 g/mol. The lowest BCUT2D eigenvalue weighted by Gasteiger charge is -2.17. The molecule has 1 saturated carbocycles. The Morgan fingerprint density at radius 1 is 1.31 bits per heavy atom. The van der Waals surface area contributed by atoms with E-state index >= 15 is 0 Å². The summed E-state index contributed by atoms with van der Waals surface area (Å²) in [6.45, 7) is 0.508. The van der Waals surface area contributed by atoms with Crippen molar-refractivity contribution in [3.63, 3.8) is 0 Å². The van der Waals surface area contributed by atoms with Gasteiger partial charge in [-0.05, 0) is 43.5 Å². The van der Waals surface area contributed by atoms with Crippen LogP contribution in [0, 0.1) is 0 Å². The molecule has 88 valence electrons. The normalized spacial score (nSPS) is 17.1. The zero-order valence-electron chi connectivity index (χ0n) is 9.63. The second-order valence-corrected chi connectivity index (χ2v) is 4.28. The lowest BCUT2D eigenvalue weighted by Crippen LogP contribution is -2.29. The molecule has 0 bridgehead atoms. The van der Waals surface area contributed by atoms with Crippen molar-refractivity contribution in [2.75, 3.05) is 20.3 Å². The average Bonchev–Trinajstić information content (AvgIpc) is 3.11. The molecule has 2 rings (SSSR count). The number of ether oxygens (including phenoxy) is 1. The van der Waals surface area contributed by atoms with Gasteiger partial charge in [0.25, 0.3) is 0 Å². The lowest BCUT2D eigenvalue weighted by molar-refractivity contribution is 0.413. The van der Waals surface area contributed by atoms with Gasteiger partial charge >= 0.3 is 0 Å². The van der Waals surface area contributed by atoms with Crippen molar-refractivity contribution in [2.45, 2.75) is 24.8 Å². The molecular formula is C13H18FNO. The maximum atomic E-state index is 12.0. The van der Waals surface area contributed by atoms with Gasteiger partial charge in [0.05, 0.1) is 13.8 Å². The summed E-state index contributed by atoms with van der Waals surface area (Å²) < 4.78 is 17.2. The van der Waals surface area contributed by atoms with Crippen LogP contribution in [0.5, 0.6) is 5.75 Å². The topological polar surface area (TPSA) is 21.3 Å². The van der Waals surface area contributed by atoms with E-state index in [9.17, 15) is 4.39 Å². The third-order valence-electron chi connectivity index (χ3n) is 3.17. The van der Waals surface area contributed by atoms with Gasteiger partial charge in [-0.2, -0.15) is 0 Å². The van der Waals surface area contributed by atoms with E-state index in [0.717, 1.165) is 25.1 Å². The number of methoxy groups -OCH3 is 1. The highest BCUT2D eigenvalue weighted by molar-refractivity contribution is 5.35. The monoisotopic (exact) mass is 223 g/mol. The Morgan fingerprint density at radius 2 is 2.00 bits per heavy atom. The molecule has 1 aromatic carbocycles. The standard InChI is InChI=1S/C13H18FNO/c1-16-12-5-3-11(4-6-12)13(7-8-13)15-10-2-9-14/h3-6,15H,2,7-10H2,1H3. The summed E-state index contributed by atoms with van der Waals surface area (Å²) in [5.74, 6) is 0.878. The van der Waals surface area contributed by atoms with Crippen LogP contribution in [0.4, 0.5) is 4.39 Å². The van der Waals surface area contributed by atoms with Crippen LogP contribution in [0.1, 0.15) is 24.8 Å². The summed E-state index contributed by atoms with van der Waals surface area (Å²) in [4.78, 5) is 0. The summed E-state index contributed by atoms with van der Waals surface area (Å²) in [5.41, 5.74) is 1.40. The number of hydrogen-bond donors (Lipinski definition) is 1. The maximum Gasteiger partial charge on any atom is 0.118 e. The third kappa shape index (κ3) is 2.35. The largest absolute Gasteiger partial charge is 0.497 e. The molecule has 0 saturated heterocycles. The van der Waals surface area contributed by atoms with E-state index in [1.54, 1.807) is 7.11 Å². The number of alkyl halides is 1. The van der Waals surface area contributed by atoms with Crippen molar-refractivity contribution in [3.05, 3.63) is 29.8 Å². The number of benzene rings is 1. The molecule has 0 heterocycles. The van der Waals surface area contributed by atoms with Crippen molar-refractivity contribution in [2.24, 2.45) is 0 Å². The molecule has 16 heavy (non-hydrogen) atoms. The van der Waals surface area contributed by atoms with Crippen LogP contribution >= 0.6 is 0 Å². The molecule has 0 aliphatic heterocycles. The minimum atomic E-state index is -0.244. The van der Waals surface area contributed by atoms with Crippen molar-refractivity contribution in [1.29, 1.82) is 0 Å². The van der Waals surface area contributed by atoms with Gasteiger partial charge in [-0.1, -0.05) is 12.1 Å². The van der Waals surface area contributed by atoms with E-state index in [0.29, 0.717) is 6.42 Å². The summed E-state index contributed by atoms with van der Waals surface area (Å²) in [7, 11) is 1.67. The minimum Gasteiger partial charge on any atom is -0.497 e. The number of nitrogens with one attached hydrogen (secondary N) is 1. The smallest absolute Gasteiger partial charge is 0.118 e. The quantitative estimate of drug-likeness (QED) is 0.748. The molecule has 1 N–H and O–H groups in total. The number of halogens is 1. The first-order chi connectivity index (χ1) is 7.80. The van der Waals surface area contributed by atoms with Crippen LogP contribution in [-0.4, -0.2) is 20.3 Å². The van der Waals surface area contributed by atoms with Gasteiger partial charge in [0.15, 0.2) is 0 Å². The van der Waals surface area contributed by atoms with E-state index in [1.165, 1.54) is 5.56 Å². The van der Waals surface area contributed by atoms with Gasteiger partial charge in [-0.25, -0.2) is 0 Å². The molecule has 1 aromatic rings. The van der Waals surface area contributed by atoms with Crippen LogP contribution in [-0.2, 0) is 5.54 Å². The molecular weight excluding hydrogens is 205 g/mol. The van der Waals surface area contributed by atoms with Crippen molar-refractivity contribution in [1.82, 2.24) is 5.32 Å². The molecule has 1 fully saturated rings. The van der Waals surface area contributed by atoms with Crippen molar-refractivity contribution < 1.29 is 9.13 Å². The molecule has 0 radical (unpaired) electrons. The molecule has 0 spiro atoms. The molecule has 0 unspecified atom stereocenters. The van der Waals surface area contributed by atoms with E-state index in [-0.39, 0.29) is 12.2 Å². The Labute approximate surface area is 95.8 Å². The fraction of sp³-hybridized carbons (Fsp3) is 0.538. The van der Waals surface area contributed by atoms with Crippen LogP contribution < -0.4 is 10.1 Å². The SMILES string of the molecule is COc1ccc(C2(NCCCF)CC2)cc1. The zero-order valence-corrected chi connectivity index (χ0v) is 9.63. The van der Waals surface area contributed by atoms with E-state index in [1.807, 2.05) is 12.1 Å². The molecule has 1 aliphatic rings. The zero-order chi connectivity index (χ0) is 11.4. The highest BCUT2D eigenvalue weighted by atomic mass is 19.1. The Hall–Kier alpha value is -1.09. The summed E-state index contributed by atoms with van der Waals surface area (Å²) in [6.07, 6.45) is 2.88. The first kappa shape index (κ1) is 11.4. The Bertz CT molecular complexity index is 332. The van der Waals surface area contributed by atoms with Gasteiger partial charge in [0.2, 0.25) is 0 Å². The number of rotatable bonds is 6. The molecule has 2 nitrogen and oxygen atoms in total. The van der Waals surface area contributed by atoms with Crippen molar-refractivity contribution >= 4 is 0 Å². The van der Waals surface area contributed by atoms with Crippen LogP contribution in [0.25, 0.3) is 0 Å². The Kier molecular flexibility index (Phi) is 3.44. The minimum absolute atomic E-state index is 0.113. The second-order valence-electron chi connectivity index (χ2n) is 4.28. The van der Waals surface area contributed by atoms with E-state index in [2.05, 4.69) is 17.4 Å². The van der Waals surface area contributed by atoms with Crippen molar-refractivity contribution in [3.8, 4) is 5.75 Å². The Balaban J connectivity index is 1.99. The molecule has 1 aliphatic carbocycles. The summed E-state index contributed by atoms with van der Waals surface area (Å²) >= 11 is 0. The Morgan fingerprint density at radius 3 is 2.50 bits per heavy atom. The molecule has 3 heteroatoms. The van der Waals surface area contributed by atoms with Gasteiger partial charge < -0.3 is 10.1 Å². The van der Waals surface area contributed by atoms with Gasteiger partial charge in [0.1, 0.15) is 5.75 Å². The summed E-state index contributed by atoms with van der Waals surface area (Å²) in [6, 6.07) is 8.14. The van der Waals surface area contributed by atoms with Gasteiger partial charge in [-0.15, -0.1) is 0 Å². The van der Waals surface area contributed by atoms with Gasteiger partial charge in [-0.3, -0.25) is 4.39 Å². The fourth-order valence-corrected chi connectivity index (χ4v) is 2.00. The molecule has 0 amide bonds. The highest BCUT2D eigenvalue weighted by Crippen LogP contribution is 2.45.